The van der Waals surface area contributed by atoms with Crippen molar-refractivity contribution in [3.63, 3.8) is 0 Å². The fraction of sp³-hybridized carbons (Fsp3) is 0.312. The van der Waals surface area contributed by atoms with Crippen LogP contribution >= 0.6 is 11.8 Å². The lowest BCUT2D eigenvalue weighted by atomic mass is 10.1. The molecule has 1 aliphatic heterocycles. The molecular formula is C16H17NO6S. The monoisotopic (exact) mass is 351 g/mol. The number of carbonyl (C=O) groups excluding carboxylic acids is 3. The molecule has 0 spiro atoms. The van der Waals surface area contributed by atoms with Crippen molar-refractivity contribution < 1.29 is 29.0 Å². The zero-order valence-corrected chi connectivity index (χ0v) is 14.3. The fourth-order valence-electron chi connectivity index (χ4n) is 2.03. The number of thioether (sulfide) groups is 1. The van der Waals surface area contributed by atoms with E-state index < -0.39 is 23.7 Å². The van der Waals surface area contributed by atoms with Crippen LogP contribution in [-0.2, 0) is 14.3 Å². The number of aromatic hydroxyl groups is 1. The number of rotatable bonds is 5. The Kier molecular flexibility index (Phi) is 5.50. The molecule has 1 fully saturated rings. The molecule has 0 atom stereocenters. The normalized spacial score (nSPS) is 16.2. The predicted octanol–water partition coefficient (Wildman–Crippen LogP) is 2.39. The molecule has 0 saturated carbocycles. The maximum Gasteiger partial charge on any atom is 0.326 e. The molecule has 0 aliphatic carbocycles. The van der Waals surface area contributed by atoms with Gasteiger partial charge in [0.25, 0.3) is 11.1 Å². The van der Waals surface area contributed by atoms with Gasteiger partial charge in [0.15, 0.2) is 11.5 Å². The molecule has 1 aromatic carbocycles. The number of para-hydroxylation sites is 1. The number of hydrogen-bond acceptors (Lipinski definition) is 7. The van der Waals surface area contributed by atoms with Crippen LogP contribution in [0, 0.1) is 0 Å². The number of phenols is 1. The summed E-state index contributed by atoms with van der Waals surface area (Å²) in [7, 11) is 1.41. The minimum atomic E-state index is -0.655. The average molecular weight is 351 g/mol. The second-order valence-electron chi connectivity index (χ2n) is 5.20. The van der Waals surface area contributed by atoms with Gasteiger partial charge in [0.1, 0.15) is 6.54 Å². The zero-order valence-electron chi connectivity index (χ0n) is 13.4. The van der Waals surface area contributed by atoms with Crippen molar-refractivity contribution in [1.29, 1.82) is 0 Å². The first-order chi connectivity index (χ1) is 11.3. The summed E-state index contributed by atoms with van der Waals surface area (Å²) >= 11 is 0.698. The van der Waals surface area contributed by atoms with Crippen molar-refractivity contribution in [2.45, 2.75) is 20.0 Å². The Morgan fingerprint density at radius 3 is 2.71 bits per heavy atom. The largest absolute Gasteiger partial charge is 0.504 e. The molecule has 1 heterocycles. The fourth-order valence-corrected chi connectivity index (χ4v) is 2.86. The predicted molar refractivity (Wildman–Crippen MR) is 88.6 cm³/mol. The number of benzene rings is 1. The van der Waals surface area contributed by atoms with E-state index in [1.54, 1.807) is 32.0 Å². The van der Waals surface area contributed by atoms with Crippen LogP contribution in [0.2, 0.25) is 0 Å². The summed E-state index contributed by atoms with van der Waals surface area (Å²) in [5.41, 5.74) is 0.338. The van der Waals surface area contributed by atoms with Gasteiger partial charge >= 0.3 is 5.97 Å². The van der Waals surface area contributed by atoms with Gasteiger partial charge < -0.3 is 14.6 Å². The summed E-state index contributed by atoms with van der Waals surface area (Å²) in [6, 6.07) is 4.80. The highest BCUT2D eigenvalue weighted by Crippen LogP contribution is 2.36. The van der Waals surface area contributed by atoms with Crippen molar-refractivity contribution in [1.82, 2.24) is 4.90 Å². The van der Waals surface area contributed by atoms with Crippen molar-refractivity contribution in [2.24, 2.45) is 0 Å². The number of esters is 1. The molecule has 1 aliphatic rings. The van der Waals surface area contributed by atoms with E-state index in [0.29, 0.717) is 17.3 Å². The maximum absolute atomic E-state index is 12.3. The van der Waals surface area contributed by atoms with Gasteiger partial charge in [-0.1, -0.05) is 12.1 Å². The summed E-state index contributed by atoms with van der Waals surface area (Å²) in [4.78, 5) is 36.8. The molecule has 1 saturated heterocycles. The first kappa shape index (κ1) is 17.9. The molecule has 0 aromatic heterocycles. The Balaban J connectivity index is 2.21. The van der Waals surface area contributed by atoms with Gasteiger partial charge in [0.2, 0.25) is 0 Å². The highest BCUT2D eigenvalue weighted by Gasteiger charge is 2.37. The van der Waals surface area contributed by atoms with Crippen molar-refractivity contribution >= 4 is 35.0 Å². The first-order valence-corrected chi connectivity index (χ1v) is 7.96. The van der Waals surface area contributed by atoms with Crippen LogP contribution in [0.25, 0.3) is 6.08 Å². The molecule has 1 aromatic rings. The Labute approximate surface area is 143 Å². The molecule has 7 nitrogen and oxygen atoms in total. The SMILES string of the molecule is COc1cccc(/C=C2\SC(=O)N(CC(=O)OC(C)C)C2=O)c1O. The van der Waals surface area contributed by atoms with Crippen LogP contribution in [0.1, 0.15) is 19.4 Å². The second kappa shape index (κ2) is 7.39. The third-order valence-electron chi connectivity index (χ3n) is 3.06. The molecule has 2 rings (SSSR count). The lowest BCUT2D eigenvalue weighted by Crippen LogP contribution is -2.35. The Morgan fingerprint density at radius 1 is 1.38 bits per heavy atom. The van der Waals surface area contributed by atoms with Crippen LogP contribution in [0.15, 0.2) is 23.1 Å². The van der Waals surface area contributed by atoms with E-state index in [4.69, 9.17) is 9.47 Å². The number of carbonyl (C=O) groups is 3. The number of phenolic OH excluding ortho intramolecular Hbond substituents is 1. The molecule has 128 valence electrons. The summed E-state index contributed by atoms with van der Waals surface area (Å²) in [6.45, 7) is 2.92. The van der Waals surface area contributed by atoms with E-state index in [1.807, 2.05) is 0 Å². The third-order valence-corrected chi connectivity index (χ3v) is 3.97. The summed E-state index contributed by atoms with van der Waals surface area (Å²) in [5, 5.41) is 9.49. The maximum atomic E-state index is 12.3. The lowest BCUT2D eigenvalue weighted by Gasteiger charge is -2.13. The van der Waals surface area contributed by atoms with Crippen molar-refractivity contribution in [2.75, 3.05) is 13.7 Å². The van der Waals surface area contributed by atoms with Gasteiger partial charge in [-0.25, -0.2) is 0 Å². The first-order valence-electron chi connectivity index (χ1n) is 7.14. The number of methoxy groups -OCH3 is 1. The Morgan fingerprint density at radius 2 is 2.08 bits per heavy atom. The van der Waals surface area contributed by atoms with Crippen LogP contribution in [0.5, 0.6) is 11.5 Å². The van der Waals surface area contributed by atoms with Gasteiger partial charge in [-0.3, -0.25) is 19.3 Å². The van der Waals surface area contributed by atoms with E-state index in [0.717, 1.165) is 4.90 Å². The second-order valence-corrected chi connectivity index (χ2v) is 6.20. The summed E-state index contributed by atoms with van der Waals surface area (Å²) in [5.74, 6) is -1.14. The topological polar surface area (TPSA) is 93.1 Å². The Hall–Kier alpha value is -2.48. The molecule has 0 radical (unpaired) electrons. The van der Waals surface area contributed by atoms with Gasteiger partial charge in [0.05, 0.1) is 18.1 Å². The highest BCUT2D eigenvalue weighted by molar-refractivity contribution is 8.18. The molecule has 0 bridgehead atoms. The van der Waals surface area contributed by atoms with E-state index >= 15 is 0 Å². The Bertz CT molecular complexity index is 713. The van der Waals surface area contributed by atoms with Gasteiger partial charge in [-0.2, -0.15) is 0 Å². The van der Waals surface area contributed by atoms with E-state index in [9.17, 15) is 19.5 Å². The van der Waals surface area contributed by atoms with Crippen LogP contribution in [0.3, 0.4) is 0 Å². The smallest absolute Gasteiger partial charge is 0.326 e. The minimum absolute atomic E-state index is 0.112. The number of amides is 2. The summed E-state index contributed by atoms with van der Waals surface area (Å²) in [6.07, 6.45) is 1.05. The number of nitrogens with zero attached hydrogens (tertiary/aromatic N) is 1. The molecule has 2 amide bonds. The number of hydrogen-bond donors (Lipinski definition) is 1. The highest BCUT2D eigenvalue weighted by atomic mass is 32.2. The van der Waals surface area contributed by atoms with Crippen LogP contribution in [-0.4, -0.2) is 46.9 Å². The minimum Gasteiger partial charge on any atom is -0.504 e. The van der Waals surface area contributed by atoms with Gasteiger partial charge in [-0.05, 0) is 37.8 Å². The van der Waals surface area contributed by atoms with Crippen LogP contribution in [0.4, 0.5) is 4.79 Å². The molecule has 1 N–H and O–H groups in total. The standard InChI is InChI=1S/C16H17NO6S/c1-9(2)23-13(18)8-17-15(20)12(24-16(17)21)7-10-5-4-6-11(22-3)14(10)19/h4-7,9,19H,8H2,1-3H3/b12-7-. The van der Waals surface area contributed by atoms with E-state index in [-0.39, 0.29) is 22.5 Å². The van der Waals surface area contributed by atoms with Gasteiger partial charge in [0, 0.05) is 5.56 Å². The zero-order chi connectivity index (χ0) is 17.9. The molecule has 0 unspecified atom stereocenters. The number of imide groups is 1. The van der Waals surface area contributed by atoms with Crippen molar-refractivity contribution in [3.05, 3.63) is 28.7 Å². The van der Waals surface area contributed by atoms with E-state index in [2.05, 4.69) is 0 Å². The lowest BCUT2D eigenvalue weighted by molar-refractivity contribution is -0.149. The van der Waals surface area contributed by atoms with E-state index in [1.165, 1.54) is 13.2 Å². The quantitative estimate of drug-likeness (QED) is 0.643. The summed E-state index contributed by atoms with van der Waals surface area (Å²) < 4.78 is 9.94. The molecule has 24 heavy (non-hydrogen) atoms. The molecular weight excluding hydrogens is 334 g/mol. The van der Waals surface area contributed by atoms with Crippen molar-refractivity contribution in [3.8, 4) is 11.5 Å². The van der Waals surface area contributed by atoms with Gasteiger partial charge in [-0.15, -0.1) is 0 Å². The molecule has 8 heteroatoms. The van der Waals surface area contributed by atoms with Crippen LogP contribution < -0.4 is 4.74 Å². The third kappa shape index (κ3) is 3.88. The average Bonchev–Trinajstić information content (AvgIpc) is 2.76. The number of ether oxygens (including phenoxy) is 2.